The highest BCUT2D eigenvalue weighted by molar-refractivity contribution is 5.76. The molecule has 1 heterocycles. The first kappa shape index (κ1) is 15.7. The van der Waals surface area contributed by atoms with Gasteiger partial charge in [-0.05, 0) is 19.9 Å². The zero-order valence-electron chi connectivity index (χ0n) is 12.7. The first-order valence-electron chi connectivity index (χ1n) is 6.83. The molecule has 0 spiro atoms. The van der Waals surface area contributed by atoms with E-state index in [9.17, 15) is 4.79 Å². The zero-order chi connectivity index (χ0) is 14.4. The van der Waals surface area contributed by atoms with Gasteiger partial charge in [-0.25, -0.2) is 4.98 Å². The Hall–Kier alpha value is -1.36. The van der Waals surface area contributed by atoms with E-state index < -0.39 is 0 Å². The van der Waals surface area contributed by atoms with Crippen molar-refractivity contribution in [2.24, 2.45) is 5.92 Å². The minimum atomic E-state index is 0.0787. The molecule has 0 aliphatic rings. The molecular formula is C14H26N4O. The molecule has 1 rings (SSSR count). The summed E-state index contributed by atoms with van der Waals surface area (Å²) >= 11 is 0. The molecule has 5 nitrogen and oxygen atoms in total. The largest absolute Gasteiger partial charge is 0.359 e. The number of carbonyl (C=O) groups excluding carboxylic acids is 1. The van der Waals surface area contributed by atoms with Crippen molar-refractivity contribution in [2.45, 2.75) is 46.3 Å². The quantitative estimate of drug-likeness (QED) is 0.813. The van der Waals surface area contributed by atoms with E-state index in [1.54, 1.807) is 7.05 Å². The predicted octanol–water partition coefficient (Wildman–Crippen LogP) is 1.50. The second-order valence-corrected chi connectivity index (χ2v) is 5.57. The maximum absolute atomic E-state index is 11.4. The van der Waals surface area contributed by atoms with Crippen LogP contribution in [0.5, 0.6) is 0 Å². The highest BCUT2D eigenvalue weighted by Gasteiger charge is 2.15. The van der Waals surface area contributed by atoms with E-state index in [0.717, 1.165) is 13.1 Å². The molecule has 0 aliphatic heterocycles. The number of nitrogens with zero attached hydrogens (tertiary/aromatic N) is 3. The van der Waals surface area contributed by atoms with Crippen LogP contribution in [0.1, 0.15) is 32.9 Å². The Labute approximate surface area is 116 Å². The minimum Gasteiger partial charge on any atom is -0.359 e. The summed E-state index contributed by atoms with van der Waals surface area (Å²) in [5.41, 5.74) is 1.19. The lowest BCUT2D eigenvalue weighted by Gasteiger charge is -2.24. The van der Waals surface area contributed by atoms with Crippen molar-refractivity contribution in [2.75, 3.05) is 14.1 Å². The molecular weight excluding hydrogens is 240 g/mol. The van der Waals surface area contributed by atoms with Gasteiger partial charge in [-0.3, -0.25) is 9.69 Å². The fourth-order valence-corrected chi connectivity index (χ4v) is 1.98. The van der Waals surface area contributed by atoms with Crippen LogP contribution in [0.3, 0.4) is 0 Å². The molecule has 0 fully saturated rings. The minimum absolute atomic E-state index is 0.0787. The van der Waals surface area contributed by atoms with Crippen LogP contribution in [0.15, 0.2) is 12.5 Å². The topological polar surface area (TPSA) is 50.2 Å². The fraction of sp³-hybridized carbons (Fsp3) is 0.714. The predicted molar refractivity (Wildman–Crippen MR) is 76.7 cm³/mol. The molecule has 1 N–H and O–H groups in total. The number of aromatic nitrogens is 2. The lowest BCUT2D eigenvalue weighted by atomic mass is 10.2. The summed E-state index contributed by atoms with van der Waals surface area (Å²) in [6.45, 7) is 8.25. The van der Waals surface area contributed by atoms with E-state index in [1.807, 2.05) is 19.6 Å². The molecule has 0 radical (unpaired) electrons. The standard InChI is InChI=1S/C14H26N4O/c1-11(2)8-18-10-16-7-13(18)9-17(5)12(3)6-14(19)15-4/h7,10-12H,6,8-9H2,1-5H3,(H,15,19)/t12-/m0/s1. The Morgan fingerprint density at radius 3 is 2.74 bits per heavy atom. The summed E-state index contributed by atoms with van der Waals surface area (Å²) in [5.74, 6) is 0.677. The van der Waals surface area contributed by atoms with E-state index in [2.05, 4.69) is 40.5 Å². The molecule has 0 bridgehead atoms. The number of amides is 1. The maximum atomic E-state index is 11.4. The summed E-state index contributed by atoms with van der Waals surface area (Å²) < 4.78 is 2.19. The van der Waals surface area contributed by atoms with Crippen molar-refractivity contribution in [1.29, 1.82) is 0 Å². The molecule has 108 valence electrons. The van der Waals surface area contributed by atoms with Crippen molar-refractivity contribution in [3.05, 3.63) is 18.2 Å². The number of nitrogens with one attached hydrogen (secondary N) is 1. The third-order valence-corrected chi connectivity index (χ3v) is 3.28. The molecule has 19 heavy (non-hydrogen) atoms. The second kappa shape index (κ2) is 7.28. The lowest BCUT2D eigenvalue weighted by molar-refractivity contribution is -0.121. The number of hydrogen-bond acceptors (Lipinski definition) is 3. The van der Waals surface area contributed by atoms with Crippen molar-refractivity contribution >= 4 is 5.91 Å². The number of rotatable bonds is 7. The highest BCUT2D eigenvalue weighted by atomic mass is 16.1. The Kier molecular flexibility index (Phi) is 6.02. The van der Waals surface area contributed by atoms with Crippen LogP contribution in [0.4, 0.5) is 0 Å². The molecule has 1 amide bonds. The molecule has 0 aliphatic carbocycles. The molecule has 0 unspecified atom stereocenters. The number of imidazole rings is 1. The fourth-order valence-electron chi connectivity index (χ4n) is 1.98. The molecule has 1 aromatic heterocycles. The molecule has 0 saturated heterocycles. The first-order valence-corrected chi connectivity index (χ1v) is 6.83. The highest BCUT2D eigenvalue weighted by Crippen LogP contribution is 2.10. The zero-order valence-corrected chi connectivity index (χ0v) is 12.7. The van der Waals surface area contributed by atoms with Gasteiger partial charge in [-0.2, -0.15) is 0 Å². The summed E-state index contributed by atoms with van der Waals surface area (Å²) in [6.07, 6.45) is 4.31. The van der Waals surface area contributed by atoms with Crippen LogP contribution < -0.4 is 5.32 Å². The average molecular weight is 266 g/mol. The monoisotopic (exact) mass is 266 g/mol. The third-order valence-electron chi connectivity index (χ3n) is 3.28. The van der Waals surface area contributed by atoms with E-state index in [-0.39, 0.29) is 11.9 Å². The molecule has 1 aromatic rings. The van der Waals surface area contributed by atoms with Gasteiger partial charge in [0.05, 0.1) is 12.0 Å². The van der Waals surface area contributed by atoms with Crippen LogP contribution in [0.25, 0.3) is 0 Å². The summed E-state index contributed by atoms with van der Waals surface area (Å²) in [4.78, 5) is 17.8. The number of hydrogen-bond donors (Lipinski definition) is 1. The first-order chi connectivity index (χ1) is 8.93. The van der Waals surface area contributed by atoms with Gasteiger partial charge in [0.25, 0.3) is 0 Å². The van der Waals surface area contributed by atoms with Gasteiger partial charge in [-0.15, -0.1) is 0 Å². The molecule has 1 atom stereocenters. The Morgan fingerprint density at radius 2 is 2.16 bits per heavy atom. The van der Waals surface area contributed by atoms with Gasteiger partial charge in [0, 0.05) is 38.8 Å². The van der Waals surface area contributed by atoms with Crippen LogP contribution in [0, 0.1) is 5.92 Å². The van der Waals surface area contributed by atoms with E-state index in [4.69, 9.17) is 0 Å². The summed E-state index contributed by atoms with van der Waals surface area (Å²) in [5, 5.41) is 2.66. The smallest absolute Gasteiger partial charge is 0.221 e. The molecule has 5 heteroatoms. The van der Waals surface area contributed by atoms with Crippen molar-refractivity contribution in [3.63, 3.8) is 0 Å². The van der Waals surface area contributed by atoms with Gasteiger partial charge in [0.2, 0.25) is 5.91 Å². The number of carbonyl (C=O) groups is 1. The molecule has 0 aromatic carbocycles. The van der Waals surface area contributed by atoms with Crippen molar-refractivity contribution in [1.82, 2.24) is 19.8 Å². The Balaban J connectivity index is 2.58. The van der Waals surface area contributed by atoms with Crippen LogP contribution in [0.2, 0.25) is 0 Å². The van der Waals surface area contributed by atoms with E-state index in [1.165, 1.54) is 5.69 Å². The Bertz CT molecular complexity index is 400. The summed E-state index contributed by atoms with van der Waals surface area (Å²) in [7, 11) is 3.72. The maximum Gasteiger partial charge on any atom is 0.221 e. The lowest BCUT2D eigenvalue weighted by Crippen LogP contribution is -2.34. The van der Waals surface area contributed by atoms with Gasteiger partial charge >= 0.3 is 0 Å². The van der Waals surface area contributed by atoms with Gasteiger partial charge in [0.15, 0.2) is 0 Å². The van der Waals surface area contributed by atoms with Crippen LogP contribution in [-0.2, 0) is 17.9 Å². The Morgan fingerprint density at radius 1 is 1.47 bits per heavy atom. The average Bonchev–Trinajstić information content (AvgIpc) is 2.75. The van der Waals surface area contributed by atoms with E-state index in [0.29, 0.717) is 12.3 Å². The van der Waals surface area contributed by atoms with E-state index >= 15 is 0 Å². The van der Waals surface area contributed by atoms with Crippen LogP contribution in [-0.4, -0.2) is 40.5 Å². The van der Waals surface area contributed by atoms with Gasteiger partial charge in [0.1, 0.15) is 0 Å². The second-order valence-electron chi connectivity index (χ2n) is 5.57. The normalized spacial score (nSPS) is 13.0. The van der Waals surface area contributed by atoms with Gasteiger partial charge < -0.3 is 9.88 Å². The third kappa shape index (κ3) is 5.03. The van der Waals surface area contributed by atoms with Gasteiger partial charge in [-0.1, -0.05) is 13.8 Å². The van der Waals surface area contributed by atoms with Crippen molar-refractivity contribution < 1.29 is 4.79 Å². The molecule has 0 saturated carbocycles. The van der Waals surface area contributed by atoms with Crippen LogP contribution >= 0.6 is 0 Å². The van der Waals surface area contributed by atoms with Crippen molar-refractivity contribution in [3.8, 4) is 0 Å². The summed E-state index contributed by atoms with van der Waals surface area (Å²) in [6, 6.07) is 0.211. The SMILES string of the molecule is CNC(=O)C[C@H](C)N(C)Cc1cncn1CC(C)C.